The van der Waals surface area contributed by atoms with Gasteiger partial charge in [-0.25, -0.2) is 4.79 Å². The third-order valence-electron chi connectivity index (χ3n) is 13.9. The molecule has 3 saturated carbocycles. The van der Waals surface area contributed by atoms with E-state index in [1.54, 1.807) is 18.7 Å². The predicted molar refractivity (Wildman–Crippen MR) is 205 cm³/mol. The molecule has 0 aromatic heterocycles. The minimum atomic E-state index is -0.876. The molecule has 0 aliphatic heterocycles. The lowest BCUT2D eigenvalue weighted by Gasteiger charge is -2.58. The molecule has 9 unspecified atom stereocenters. The number of nitrogens with one attached hydrogen (secondary N) is 1. The highest BCUT2D eigenvalue weighted by Crippen LogP contribution is 2.67. The summed E-state index contributed by atoms with van der Waals surface area (Å²) >= 11 is 0. The van der Waals surface area contributed by atoms with Crippen molar-refractivity contribution in [1.29, 1.82) is 0 Å². The van der Waals surface area contributed by atoms with Crippen LogP contribution in [0.4, 0.5) is 4.79 Å². The number of carbonyl (C=O) groups excluding carboxylic acids is 3. The van der Waals surface area contributed by atoms with Crippen molar-refractivity contribution in [3.05, 3.63) is 11.6 Å². The highest BCUT2D eigenvalue weighted by atomic mass is 16.6. The second-order valence-corrected chi connectivity index (χ2v) is 17.6. The lowest BCUT2D eigenvalue weighted by atomic mass is 9.47. The fraction of sp³-hybridized carbons (Fsp3) is 0.884. The number of hydrogen-bond acceptors (Lipinski definition) is 8. The number of rotatable bonds is 20. The first-order valence-electron chi connectivity index (χ1n) is 21.2. The first kappa shape index (κ1) is 42.6. The Hall–Kier alpha value is -2.13. The lowest BCUT2D eigenvalue weighted by molar-refractivity contribution is -0.150. The van der Waals surface area contributed by atoms with Gasteiger partial charge >= 0.3 is 18.0 Å². The van der Waals surface area contributed by atoms with Crippen LogP contribution in [0, 0.1) is 46.3 Å². The second kappa shape index (κ2) is 20.0. The molecule has 9 heteroatoms. The van der Waals surface area contributed by atoms with Gasteiger partial charge in [0.25, 0.3) is 0 Å². The van der Waals surface area contributed by atoms with Crippen molar-refractivity contribution in [3.8, 4) is 0 Å². The summed E-state index contributed by atoms with van der Waals surface area (Å²) in [5, 5.41) is 13.7. The van der Waals surface area contributed by atoms with Gasteiger partial charge < -0.3 is 24.6 Å². The van der Waals surface area contributed by atoms with Crippen LogP contribution in [0.2, 0.25) is 0 Å². The van der Waals surface area contributed by atoms with Crippen LogP contribution in [0.25, 0.3) is 0 Å². The number of allylic oxidation sites excluding steroid dienone is 1. The molecule has 0 aromatic rings. The SMILES string of the molecule is CCOC(=O)CCN(CC(=O)OCC)C(O)CCCCCNC(=O)OC1CCC2(C)C(=CCC3C2CCC2(C)C(C(C)CCCC(C)C)CCC32)C1. The fourth-order valence-electron chi connectivity index (χ4n) is 11.1. The number of carbonyl (C=O) groups is 3. The van der Waals surface area contributed by atoms with Crippen molar-refractivity contribution in [3.63, 3.8) is 0 Å². The maximum atomic E-state index is 12.8. The van der Waals surface area contributed by atoms with Gasteiger partial charge in [-0.15, -0.1) is 0 Å². The summed E-state index contributed by atoms with van der Waals surface area (Å²) in [6, 6.07) is 0. The first-order valence-corrected chi connectivity index (χ1v) is 21.2. The zero-order valence-electron chi connectivity index (χ0n) is 33.9. The van der Waals surface area contributed by atoms with Gasteiger partial charge in [-0.2, -0.15) is 0 Å². The maximum Gasteiger partial charge on any atom is 0.407 e. The average molecular weight is 731 g/mol. The molecule has 4 rings (SSSR count). The van der Waals surface area contributed by atoms with E-state index in [4.69, 9.17) is 14.2 Å². The highest BCUT2D eigenvalue weighted by Gasteiger charge is 2.59. The van der Waals surface area contributed by atoms with Crippen LogP contribution in [0.1, 0.15) is 151 Å². The number of alkyl carbamates (subject to hydrolysis) is 1. The van der Waals surface area contributed by atoms with E-state index < -0.39 is 12.2 Å². The number of fused-ring (bicyclic) bond motifs is 5. The Morgan fingerprint density at radius 1 is 0.904 bits per heavy atom. The number of esters is 2. The molecule has 1 amide bonds. The summed E-state index contributed by atoms with van der Waals surface area (Å²) in [6.07, 6.45) is 17.9. The zero-order valence-corrected chi connectivity index (χ0v) is 33.9. The molecule has 2 N–H and O–H groups in total. The normalized spacial score (nSPS) is 30.8. The molecule has 0 saturated heterocycles. The van der Waals surface area contributed by atoms with Gasteiger partial charge in [-0.3, -0.25) is 14.5 Å². The smallest absolute Gasteiger partial charge is 0.407 e. The molecule has 0 aromatic carbocycles. The Bertz CT molecular complexity index is 1190. The molecule has 0 bridgehead atoms. The number of amides is 1. The van der Waals surface area contributed by atoms with Gasteiger partial charge in [0.1, 0.15) is 12.3 Å². The van der Waals surface area contributed by atoms with Crippen LogP contribution < -0.4 is 5.32 Å². The summed E-state index contributed by atoms with van der Waals surface area (Å²) in [4.78, 5) is 38.3. The van der Waals surface area contributed by atoms with E-state index in [0.29, 0.717) is 31.4 Å². The van der Waals surface area contributed by atoms with Gasteiger partial charge in [0.05, 0.1) is 26.2 Å². The van der Waals surface area contributed by atoms with Crippen molar-refractivity contribution in [1.82, 2.24) is 10.2 Å². The van der Waals surface area contributed by atoms with Crippen molar-refractivity contribution < 1.29 is 33.7 Å². The van der Waals surface area contributed by atoms with Crippen molar-refractivity contribution in [2.45, 2.75) is 164 Å². The summed E-state index contributed by atoms with van der Waals surface area (Å²) in [5.41, 5.74) is 2.26. The van der Waals surface area contributed by atoms with Crippen LogP contribution in [-0.4, -0.2) is 73.2 Å². The standard InChI is InChI=1S/C43H74N2O7/c1-8-50-39(47)23-27-45(29-40(48)51-9-2)38(46)16-11-10-12-26-44-41(49)52-33-21-24-42(6)32(28-33)17-18-34-36-20-19-35(31(5)15-13-14-30(3)4)43(36,7)25-22-37(34)42/h17,30-31,33-38,46H,8-16,18-29H2,1-7H3,(H,44,49). The van der Waals surface area contributed by atoms with Gasteiger partial charge in [0.15, 0.2) is 0 Å². The summed E-state index contributed by atoms with van der Waals surface area (Å²) < 4.78 is 16.0. The third-order valence-corrected chi connectivity index (χ3v) is 13.9. The highest BCUT2D eigenvalue weighted by molar-refractivity contribution is 5.72. The van der Waals surface area contributed by atoms with Gasteiger partial charge in [-0.1, -0.05) is 72.0 Å². The molecule has 4 aliphatic rings. The van der Waals surface area contributed by atoms with Crippen LogP contribution >= 0.6 is 0 Å². The van der Waals surface area contributed by atoms with Crippen molar-refractivity contribution in [2.75, 3.05) is 32.8 Å². The second-order valence-electron chi connectivity index (χ2n) is 17.6. The van der Waals surface area contributed by atoms with E-state index in [-0.39, 0.29) is 49.7 Å². The first-order chi connectivity index (χ1) is 24.8. The lowest BCUT2D eigenvalue weighted by Crippen LogP contribution is -2.51. The molecule has 298 valence electrons. The quantitative estimate of drug-likeness (QED) is 0.0420. The Balaban J connectivity index is 1.18. The fourth-order valence-corrected chi connectivity index (χ4v) is 11.1. The molecule has 0 radical (unpaired) electrons. The van der Waals surface area contributed by atoms with Crippen LogP contribution in [0.15, 0.2) is 11.6 Å². The van der Waals surface area contributed by atoms with E-state index >= 15 is 0 Å². The Kier molecular flexibility index (Phi) is 16.4. The Morgan fingerprint density at radius 3 is 2.38 bits per heavy atom. The number of aliphatic hydroxyl groups is 1. The molecule has 0 heterocycles. The number of nitrogens with zero attached hydrogens (tertiary/aromatic N) is 1. The third kappa shape index (κ3) is 11.0. The molecule has 9 atom stereocenters. The number of ether oxygens (including phenoxy) is 3. The van der Waals surface area contributed by atoms with Crippen molar-refractivity contribution >= 4 is 18.0 Å². The van der Waals surface area contributed by atoms with E-state index in [2.05, 4.69) is 46.0 Å². The maximum absolute atomic E-state index is 12.8. The Morgan fingerprint density at radius 2 is 1.65 bits per heavy atom. The van der Waals surface area contributed by atoms with E-state index in [1.807, 2.05) is 0 Å². The predicted octanol–water partition coefficient (Wildman–Crippen LogP) is 8.82. The van der Waals surface area contributed by atoms with E-state index in [9.17, 15) is 19.5 Å². The van der Waals surface area contributed by atoms with Crippen molar-refractivity contribution in [2.24, 2.45) is 46.3 Å². The van der Waals surface area contributed by atoms with Gasteiger partial charge in [-0.05, 0) is 124 Å². The summed E-state index contributed by atoms with van der Waals surface area (Å²) in [7, 11) is 0. The minimum absolute atomic E-state index is 0.0672. The Labute approximate surface area is 315 Å². The largest absolute Gasteiger partial charge is 0.466 e. The van der Waals surface area contributed by atoms with E-state index in [0.717, 1.165) is 67.6 Å². The molecular weight excluding hydrogens is 656 g/mol. The molecule has 9 nitrogen and oxygen atoms in total. The monoisotopic (exact) mass is 731 g/mol. The summed E-state index contributed by atoms with van der Waals surface area (Å²) in [6.45, 7) is 17.1. The van der Waals surface area contributed by atoms with Gasteiger partial charge in [0, 0.05) is 19.5 Å². The van der Waals surface area contributed by atoms with E-state index in [1.165, 1.54) is 56.9 Å². The van der Waals surface area contributed by atoms with Crippen LogP contribution in [-0.2, 0) is 23.8 Å². The number of hydrogen-bond donors (Lipinski definition) is 2. The average Bonchev–Trinajstić information content (AvgIpc) is 3.45. The zero-order chi connectivity index (χ0) is 37.9. The molecule has 52 heavy (non-hydrogen) atoms. The molecule has 4 aliphatic carbocycles. The summed E-state index contributed by atoms with van der Waals surface area (Å²) in [5.74, 6) is 4.12. The minimum Gasteiger partial charge on any atom is -0.466 e. The van der Waals surface area contributed by atoms with Crippen LogP contribution in [0.5, 0.6) is 0 Å². The van der Waals surface area contributed by atoms with Gasteiger partial charge in [0.2, 0.25) is 0 Å². The number of aliphatic hydroxyl groups excluding tert-OH is 1. The molecule has 0 spiro atoms. The molecular formula is C43H74N2O7. The van der Waals surface area contributed by atoms with Crippen LogP contribution in [0.3, 0.4) is 0 Å². The molecule has 3 fully saturated rings. The number of unbranched alkanes of at least 4 members (excludes halogenated alkanes) is 2. The topological polar surface area (TPSA) is 114 Å².